The molecule has 0 bridgehead atoms. The van der Waals surface area contributed by atoms with Gasteiger partial charge in [-0.05, 0) is 56.8 Å². The number of carbonyl (C=O) groups is 1. The number of nitrogens with zero attached hydrogens (tertiary/aromatic N) is 4. The van der Waals surface area contributed by atoms with Crippen LogP contribution in [0.1, 0.15) is 47.1 Å². The lowest BCUT2D eigenvalue weighted by molar-refractivity contribution is 0.0989. The second kappa shape index (κ2) is 7.57. The minimum Gasteiger partial charge on any atom is -0.363 e. The molecule has 1 aromatic heterocycles. The molecule has 6 nitrogen and oxygen atoms in total. The van der Waals surface area contributed by atoms with E-state index in [-0.39, 0.29) is 11.9 Å². The Hall–Kier alpha value is -2.21. The van der Waals surface area contributed by atoms with E-state index in [2.05, 4.69) is 46.2 Å². The number of nitrogens with two attached hydrogens (primary N) is 1. The predicted molar refractivity (Wildman–Crippen MR) is 92.8 cm³/mol. The summed E-state index contributed by atoms with van der Waals surface area (Å²) in [6.07, 6.45) is 6.10. The first-order chi connectivity index (χ1) is 11.6. The van der Waals surface area contributed by atoms with Crippen molar-refractivity contribution in [1.82, 2.24) is 19.7 Å². The molecule has 2 N–H and O–H groups in total. The Labute approximate surface area is 142 Å². The van der Waals surface area contributed by atoms with E-state index >= 15 is 0 Å². The van der Waals surface area contributed by atoms with Crippen molar-refractivity contribution < 1.29 is 4.79 Å². The van der Waals surface area contributed by atoms with E-state index in [4.69, 9.17) is 5.73 Å². The topological polar surface area (TPSA) is 77.0 Å². The minimum absolute atomic E-state index is 0.103. The summed E-state index contributed by atoms with van der Waals surface area (Å²) in [5.74, 6) is -0.466. The third kappa shape index (κ3) is 4.00. The average Bonchev–Trinajstić information content (AvgIpc) is 3.07. The van der Waals surface area contributed by atoms with Gasteiger partial charge in [0.25, 0.3) is 5.91 Å². The SMILES string of the molecule is Cc1ccccc1CCCN1CCC[C@H](n2cnc(C(N)=O)n2)C1. The lowest BCUT2D eigenvalue weighted by Gasteiger charge is -2.32. The molecule has 1 aromatic carbocycles. The van der Waals surface area contributed by atoms with Gasteiger partial charge >= 0.3 is 0 Å². The van der Waals surface area contributed by atoms with Gasteiger partial charge in [-0.3, -0.25) is 4.79 Å². The molecule has 24 heavy (non-hydrogen) atoms. The van der Waals surface area contributed by atoms with Crippen molar-refractivity contribution in [2.75, 3.05) is 19.6 Å². The van der Waals surface area contributed by atoms with E-state index in [1.165, 1.54) is 11.1 Å². The number of benzene rings is 1. The zero-order valence-electron chi connectivity index (χ0n) is 14.2. The quantitative estimate of drug-likeness (QED) is 0.880. The van der Waals surface area contributed by atoms with Crippen molar-refractivity contribution in [1.29, 1.82) is 0 Å². The molecule has 0 unspecified atom stereocenters. The number of carbonyl (C=O) groups excluding carboxylic acids is 1. The Bertz CT molecular complexity index is 696. The Morgan fingerprint density at radius 2 is 2.21 bits per heavy atom. The second-order valence-electron chi connectivity index (χ2n) is 6.54. The number of hydrogen-bond donors (Lipinski definition) is 1. The van der Waals surface area contributed by atoms with Crippen molar-refractivity contribution in [3.8, 4) is 0 Å². The highest BCUT2D eigenvalue weighted by molar-refractivity contribution is 5.88. The van der Waals surface area contributed by atoms with Crippen molar-refractivity contribution in [3.63, 3.8) is 0 Å². The molecule has 3 rings (SSSR count). The number of amides is 1. The van der Waals surface area contributed by atoms with Crippen LogP contribution in [0.4, 0.5) is 0 Å². The second-order valence-corrected chi connectivity index (χ2v) is 6.54. The Morgan fingerprint density at radius 1 is 1.38 bits per heavy atom. The van der Waals surface area contributed by atoms with Crippen LogP contribution in [-0.4, -0.2) is 45.2 Å². The van der Waals surface area contributed by atoms with Crippen LogP contribution < -0.4 is 5.73 Å². The molecule has 2 aromatic rings. The Morgan fingerprint density at radius 3 is 2.96 bits per heavy atom. The van der Waals surface area contributed by atoms with Crippen LogP contribution in [0.15, 0.2) is 30.6 Å². The van der Waals surface area contributed by atoms with E-state index in [9.17, 15) is 4.79 Å². The summed E-state index contributed by atoms with van der Waals surface area (Å²) < 4.78 is 1.80. The zero-order valence-corrected chi connectivity index (χ0v) is 14.2. The molecule has 0 spiro atoms. The Kier molecular flexibility index (Phi) is 5.25. The van der Waals surface area contributed by atoms with Crippen LogP contribution in [0.3, 0.4) is 0 Å². The number of piperidine rings is 1. The number of primary amides is 1. The predicted octanol–water partition coefficient (Wildman–Crippen LogP) is 1.96. The van der Waals surface area contributed by atoms with Gasteiger partial charge in [-0.25, -0.2) is 9.67 Å². The number of aromatic nitrogens is 3. The number of hydrogen-bond acceptors (Lipinski definition) is 4. The molecule has 1 saturated heterocycles. The highest BCUT2D eigenvalue weighted by Crippen LogP contribution is 2.21. The normalized spacial score (nSPS) is 18.6. The lowest BCUT2D eigenvalue weighted by atomic mass is 10.0. The average molecular weight is 327 g/mol. The van der Waals surface area contributed by atoms with Crippen molar-refractivity contribution >= 4 is 5.91 Å². The summed E-state index contributed by atoms with van der Waals surface area (Å²) >= 11 is 0. The molecule has 1 atom stereocenters. The van der Waals surface area contributed by atoms with E-state index in [0.29, 0.717) is 0 Å². The maximum Gasteiger partial charge on any atom is 0.288 e. The fourth-order valence-electron chi connectivity index (χ4n) is 3.40. The van der Waals surface area contributed by atoms with E-state index < -0.39 is 5.91 Å². The number of aryl methyl sites for hydroxylation is 2. The van der Waals surface area contributed by atoms with E-state index in [1.54, 1.807) is 11.0 Å². The molecule has 0 radical (unpaired) electrons. The van der Waals surface area contributed by atoms with Crippen molar-refractivity contribution in [2.24, 2.45) is 5.73 Å². The summed E-state index contributed by atoms with van der Waals surface area (Å²) in [6, 6.07) is 8.87. The summed E-state index contributed by atoms with van der Waals surface area (Å²) in [5.41, 5.74) is 8.04. The third-order valence-electron chi connectivity index (χ3n) is 4.77. The maximum atomic E-state index is 11.1. The zero-order chi connectivity index (χ0) is 16.9. The smallest absolute Gasteiger partial charge is 0.288 e. The van der Waals surface area contributed by atoms with E-state index in [0.717, 1.165) is 45.3 Å². The molecule has 128 valence electrons. The van der Waals surface area contributed by atoms with Gasteiger partial charge in [-0.1, -0.05) is 24.3 Å². The van der Waals surface area contributed by atoms with Gasteiger partial charge in [0.1, 0.15) is 6.33 Å². The molecule has 0 aliphatic carbocycles. The molecule has 1 amide bonds. The largest absolute Gasteiger partial charge is 0.363 e. The highest BCUT2D eigenvalue weighted by Gasteiger charge is 2.22. The highest BCUT2D eigenvalue weighted by atomic mass is 16.1. The summed E-state index contributed by atoms with van der Waals surface area (Å²) in [6.45, 7) is 5.34. The van der Waals surface area contributed by atoms with Gasteiger partial charge in [-0.15, -0.1) is 5.10 Å². The van der Waals surface area contributed by atoms with Crippen molar-refractivity contribution in [3.05, 3.63) is 47.5 Å². The molecule has 1 aliphatic rings. The fraction of sp³-hybridized carbons (Fsp3) is 0.500. The molecule has 2 heterocycles. The first-order valence-electron chi connectivity index (χ1n) is 8.61. The molecule has 1 aliphatic heterocycles. The van der Waals surface area contributed by atoms with Crippen LogP contribution >= 0.6 is 0 Å². The maximum absolute atomic E-state index is 11.1. The Balaban J connectivity index is 1.52. The van der Waals surface area contributed by atoms with Gasteiger partial charge in [-0.2, -0.15) is 0 Å². The van der Waals surface area contributed by atoms with Gasteiger partial charge in [0.2, 0.25) is 5.82 Å². The molecular weight excluding hydrogens is 302 g/mol. The lowest BCUT2D eigenvalue weighted by Crippen LogP contribution is -2.37. The first-order valence-corrected chi connectivity index (χ1v) is 8.61. The van der Waals surface area contributed by atoms with Gasteiger partial charge in [0, 0.05) is 6.54 Å². The summed E-state index contributed by atoms with van der Waals surface area (Å²) in [7, 11) is 0. The third-order valence-corrected chi connectivity index (χ3v) is 4.77. The first kappa shape index (κ1) is 16.6. The van der Waals surface area contributed by atoms with Crippen LogP contribution in [0, 0.1) is 6.92 Å². The number of rotatable bonds is 6. The van der Waals surface area contributed by atoms with Gasteiger partial charge in [0.15, 0.2) is 0 Å². The van der Waals surface area contributed by atoms with Crippen LogP contribution in [0.5, 0.6) is 0 Å². The van der Waals surface area contributed by atoms with Crippen molar-refractivity contribution in [2.45, 2.75) is 38.6 Å². The van der Waals surface area contributed by atoms with Crippen LogP contribution in [-0.2, 0) is 6.42 Å². The summed E-state index contributed by atoms with van der Waals surface area (Å²) in [4.78, 5) is 17.6. The van der Waals surface area contributed by atoms with Crippen LogP contribution in [0.2, 0.25) is 0 Å². The van der Waals surface area contributed by atoms with Gasteiger partial charge < -0.3 is 10.6 Å². The molecule has 1 fully saturated rings. The fourth-order valence-corrected chi connectivity index (χ4v) is 3.40. The monoisotopic (exact) mass is 327 g/mol. The standard InChI is InChI=1S/C18H25N5O/c1-14-6-2-3-7-15(14)8-4-10-22-11-5-9-16(12-22)23-13-20-18(21-23)17(19)24/h2-3,6-7,13,16H,4-5,8-12H2,1H3,(H2,19,24)/t16-/m0/s1. The number of likely N-dealkylation sites (tertiary alicyclic amines) is 1. The minimum atomic E-state index is -0.570. The summed E-state index contributed by atoms with van der Waals surface area (Å²) in [5, 5.41) is 4.21. The van der Waals surface area contributed by atoms with Crippen LogP contribution in [0.25, 0.3) is 0 Å². The van der Waals surface area contributed by atoms with Gasteiger partial charge in [0.05, 0.1) is 6.04 Å². The molecular formula is C18H25N5O. The molecule has 0 saturated carbocycles. The molecule has 6 heteroatoms. The van der Waals surface area contributed by atoms with E-state index in [1.807, 2.05) is 0 Å².